The molecular weight excluding hydrogens is 354 g/mol. The van der Waals surface area contributed by atoms with E-state index in [-0.39, 0.29) is 11.5 Å². The van der Waals surface area contributed by atoms with Gasteiger partial charge in [0.2, 0.25) is 0 Å². The van der Waals surface area contributed by atoms with E-state index in [0.717, 1.165) is 36.9 Å². The highest BCUT2D eigenvalue weighted by Crippen LogP contribution is 2.18. The topological polar surface area (TPSA) is 73.2 Å². The molecule has 138 valence electrons. The molecule has 1 atom stereocenters. The first-order valence-electron chi connectivity index (χ1n) is 8.83. The summed E-state index contributed by atoms with van der Waals surface area (Å²) in [6.07, 6.45) is 3.38. The molecule has 7 heteroatoms. The van der Waals surface area contributed by atoms with Crippen LogP contribution >= 0.6 is 11.6 Å². The Bertz CT molecular complexity index is 850. The van der Waals surface area contributed by atoms with Crippen LogP contribution in [0, 0.1) is 0 Å². The van der Waals surface area contributed by atoms with Gasteiger partial charge in [0.15, 0.2) is 6.10 Å². The van der Waals surface area contributed by atoms with Gasteiger partial charge in [-0.05, 0) is 56.4 Å². The Morgan fingerprint density at radius 1 is 1.35 bits per heavy atom. The normalized spacial score (nSPS) is 14.4. The minimum Gasteiger partial charge on any atom is -0.481 e. The lowest BCUT2D eigenvalue weighted by Gasteiger charge is -2.17. The molecule has 1 aliphatic carbocycles. The van der Waals surface area contributed by atoms with Crippen molar-refractivity contribution < 1.29 is 9.53 Å². The van der Waals surface area contributed by atoms with E-state index < -0.39 is 6.10 Å². The molecule has 1 heterocycles. The molecule has 1 aliphatic rings. The van der Waals surface area contributed by atoms with Crippen LogP contribution in [0.15, 0.2) is 35.1 Å². The summed E-state index contributed by atoms with van der Waals surface area (Å²) >= 11 is 5.90. The molecule has 0 fully saturated rings. The van der Waals surface area contributed by atoms with Crippen molar-refractivity contribution in [1.82, 2.24) is 15.1 Å². The van der Waals surface area contributed by atoms with E-state index in [1.165, 1.54) is 4.68 Å². The molecule has 2 aromatic rings. The average molecular weight is 376 g/mol. The summed E-state index contributed by atoms with van der Waals surface area (Å²) in [6, 6.07) is 8.57. The third kappa shape index (κ3) is 4.64. The molecule has 1 N–H and O–H groups in total. The molecule has 0 radical (unpaired) electrons. The van der Waals surface area contributed by atoms with E-state index in [2.05, 4.69) is 10.4 Å². The van der Waals surface area contributed by atoms with Crippen molar-refractivity contribution in [2.75, 3.05) is 6.54 Å². The summed E-state index contributed by atoms with van der Waals surface area (Å²) in [5, 5.41) is 7.76. The van der Waals surface area contributed by atoms with Gasteiger partial charge in [0.25, 0.3) is 11.5 Å². The number of amides is 1. The van der Waals surface area contributed by atoms with Crippen LogP contribution < -0.4 is 15.6 Å². The van der Waals surface area contributed by atoms with Crippen molar-refractivity contribution in [3.05, 3.63) is 57.0 Å². The summed E-state index contributed by atoms with van der Waals surface area (Å²) in [6.45, 7) is 2.31. The van der Waals surface area contributed by atoms with E-state index in [1.54, 1.807) is 37.3 Å². The smallest absolute Gasteiger partial charge is 0.267 e. The number of ether oxygens (including phenoxy) is 1. The molecule has 3 rings (SSSR count). The molecule has 26 heavy (non-hydrogen) atoms. The number of hydrogen-bond acceptors (Lipinski definition) is 4. The highest BCUT2D eigenvalue weighted by atomic mass is 35.5. The van der Waals surface area contributed by atoms with E-state index >= 15 is 0 Å². The lowest BCUT2D eigenvalue weighted by Crippen LogP contribution is -2.39. The van der Waals surface area contributed by atoms with Crippen LogP contribution in [0.3, 0.4) is 0 Å². The number of rotatable bonds is 6. The number of aryl methyl sites for hydroxylation is 2. The summed E-state index contributed by atoms with van der Waals surface area (Å²) in [5.74, 6) is 0.281. The van der Waals surface area contributed by atoms with Gasteiger partial charge in [-0.25, -0.2) is 4.68 Å². The Morgan fingerprint density at radius 2 is 2.15 bits per heavy atom. The minimum absolute atomic E-state index is 0.122. The fourth-order valence-corrected chi connectivity index (χ4v) is 3.17. The van der Waals surface area contributed by atoms with Gasteiger partial charge in [-0.15, -0.1) is 0 Å². The monoisotopic (exact) mass is 375 g/mol. The number of aromatic nitrogens is 2. The van der Waals surface area contributed by atoms with Gasteiger partial charge in [0.05, 0.1) is 12.2 Å². The molecule has 1 amide bonds. The first-order chi connectivity index (χ1) is 12.5. The third-order valence-electron chi connectivity index (χ3n) is 4.37. The van der Waals surface area contributed by atoms with Crippen molar-refractivity contribution >= 4 is 17.5 Å². The van der Waals surface area contributed by atoms with Crippen LogP contribution in [0.25, 0.3) is 0 Å². The van der Waals surface area contributed by atoms with Crippen LogP contribution in [0.1, 0.15) is 31.0 Å². The highest BCUT2D eigenvalue weighted by Gasteiger charge is 2.16. The molecule has 0 aliphatic heterocycles. The summed E-state index contributed by atoms with van der Waals surface area (Å²) < 4.78 is 7.00. The average Bonchev–Trinajstić information content (AvgIpc) is 2.62. The quantitative estimate of drug-likeness (QED) is 0.841. The van der Waals surface area contributed by atoms with Gasteiger partial charge in [-0.1, -0.05) is 17.7 Å². The standard InChI is InChI=1S/C19H22ClN3O3/c1-13(26-16-7-4-6-15(20)12-16)19(25)21-9-10-23-18(24)11-14-5-2-3-8-17(14)22-23/h4,6-7,11-13H,2-3,5,8-10H2,1H3,(H,21,25). The number of benzene rings is 1. The molecule has 1 unspecified atom stereocenters. The Labute approximate surface area is 157 Å². The van der Waals surface area contributed by atoms with Crippen molar-refractivity contribution in [3.8, 4) is 5.75 Å². The molecular formula is C19H22ClN3O3. The zero-order valence-electron chi connectivity index (χ0n) is 14.7. The second kappa shape index (κ2) is 8.36. The van der Waals surface area contributed by atoms with Gasteiger partial charge in [0.1, 0.15) is 5.75 Å². The Kier molecular flexibility index (Phi) is 5.93. The van der Waals surface area contributed by atoms with Crippen molar-refractivity contribution in [3.63, 3.8) is 0 Å². The fourth-order valence-electron chi connectivity index (χ4n) is 2.99. The maximum absolute atomic E-state index is 12.2. The molecule has 0 saturated heterocycles. The number of carbonyl (C=O) groups excluding carboxylic acids is 1. The SMILES string of the molecule is CC(Oc1cccc(Cl)c1)C(=O)NCCn1nc2c(cc1=O)CCCC2. The molecule has 1 aromatic heterocycles. The van der Waals surface area contributed by atoms with Gasteiger partial charge in [-0.3, -0.25) is 9.59 Å². The zero-order chi connectivity index (χ0) is 18.5. The molecule has 0 bridgehead atoms. The molecule has 0 saturated carbocycles. The predicted molar refractivity (Wildman–Crippen MR) is 99.7 cm³/mol. The Hall–Kier alpha value is -2.34. The van der Waals surface area contributed by atoms with Crippen molar-refractivity contribution in [2.45, 2.75) is 45.3 Å². The number of halogens is 1. The summed E-state index contributed by atoms with van der Waals surface area (Å²) in [7, 11) is 0. The summed E-state index contributed by atoms with van der Waals surface area (Å²) in [4.78, 5) is 24.3. The largest absolute Gasteiger partial charge is 0.481 e. The lowest BCUT2D eigenvalue weighted by atomic mass is 9.97. The van der Waals surface area contributed by atoms with Crippen LogP contribution in [-0.2, 0) is 24.2 Å². The second-order valence-corrected chi connectivity index (χ2v) is 6.83. The maximum atomic E-state index is 12.2. The van der Waals surface area contributed by atoms with Crippen molar-refractivity contribution in [2.24, 2.45) is 0 Å². The van der Waals surface area contributed by atoms with E-state index in [4.69, 9.17) is 16.3 Å². The second-order valence-electron chi connectivity index (χ2n) is 6.39. The fraction of sp³-hybridized carbons (Fsp3) is 0.421. The van der Waals surface area contributed by atoms with E-state index in [1.807, 2.05) is 0 Å². The number of fused-ring (bicyclic) bond motifs is 1. The zero-order valence-corrected chi connectivity index (χ0v) is 15.5. The van der Waals surface area contributed by atoms with E-state index in [9.17, 15) is 9.59 Å². The van der Waals surface area contributed by atoms with Crippen LogP contribution in [0.2, 0.25) is 5.02 Å². The Morgan fingerprint density at radius 3 is 2.96 bits per heavy atom. The van der Waals surface area contributed by atoms with E-state index in [0.29, 0.717) is 23.9 Å². The number of carbonyl (C=O) groups is 1. The van der Waals surface area contributed by atoms with Gasteiger partial charge < -0.3 is 10.1 Å². The first-order valence-corrected chi connectivity index (χ1v) is 9.20. The van der Waals surface area contributed by atoms with Crippen LogP contribution in [-0.4, -0.2) is 28.3 Å². The van der Waals surface area contributed by atoms with Crippen molar-refractivity contribution in [1.29, 1.82) is 0 Å². The van der Waals surface area contributed by atoms with Gasteiger partial charge in [0, 0.05) is 17.6 Å². The van der Waals surface area contributed by atoms with Gasteiger partial charge in [-0.2, -0.15) is 5.10 Å². The third-order valence-corrected chi connectivity index (χ3v) is 4.61. The minimum atomic E-state index is -0.665. The molecule has 1 aromatic carbocycles. The first kappa shape index (κ1) is 18.5. The highest BCUT2D eigenvalue weighted by molar-refractivity contribution is 6.30. The lowest BCUT2D eigenvalue weighted by molar-refractivity contribution is -0.127. The Balaban J connectivity index is 1.52. The predicted octanol–water partition coefficient (Wildman–Crippen LogP) is 2.36. The molecule has 0 spiro atoms. The van der Waals surface area contributed by atoms with Crippen LogP contribution in [0.5, 0.6) is 5.75 Å². The number of hydrogen-bond donors (Lipinski definition) is 1. The number of nitrogens with zero attached hydrogens (tertiary/aromatic N) is 2. The summed E-state index contributed by atoms with van der Waals surface area (Å²) in [5.41, 5.74) is 1.94. The van der Waals surface area contributed by atoms with Crippen LogP contribution in [0.4, 0.5) is 0 Å². The molecule has 6 nitrogen and oxygen atoms in total. The van der Waals surface area contributed by atoms with Gasteiger partial charge >= 0.3 is 0 Å². The maximum Gasteiger partial charge on any atom is 0.267 e. The number of nitrogens with one attached hydrogen (secondary N) is 1.